The summed E-state index contributed by atoms with van der Waals surface area (Å²) < 4.78 is 0. The Labute approximate surface area is 194 Å². The van der Waals surface area contributed by atoms with Crippen LogP contribution in [-0.4, -0.2) is 30.3 Å². The van der Waals surface area contributed by atoms with E-state index in [1.54, 1.807) is 11.3 Å². The van der Waals surface area contributed by atoms with Gasteiger partial charge in [-0.05, 0) is 60.5 Å². The molecule has 1 fully saturated rings. The third kappa shape index (κ3) is 4.77. The van der Waals surface area contributed by atoms with Crippen molar-refractivity contribution in [3.8, 4) is 10.4 Å². The fourth-order valence-electron chi connectivity index (χ4n) is 4.63. The van der Waals surface area contributed by atoms with Crippen LogP contribution >= 0.6 is 28.3 Å². The molecule has 4 heteroatoms. The molecule has 2 heterocycles. The molecule has 30 heavy (non-hydrogen) atoms. The number of Topliss-reactive ketones (excluding diaryl/α,β-unsaturated/α-hetero) is 1. The van der Waals surface area contributed by atoms with Gasteiger partial charge in [-0.1, -0.05) is 67.6 Å². The van der Waals surface area contributed by atoms with Crippen LogP contribution in [0, 0.1) is 0 Å². The van der Waals surface area contributed by atoms with Gasteiger partial charge in [0.2, 0.25) is 0 Å². The molecule has 1 aliphatic heterocycles. The van der Waals surface area contributed by atoms with Gasteiger partial charge < -0.3 is 4.90 Å². The Morgan fingerprint density at radius 3 is 2.23 bits per heavy atom. The number of hydrogen-bond acceptors (Lipinski definition) is 3. The summed E-state index contributed by atoms with van der Waals surface area (Å²) in [4.78, 5) is 17.0. The second-order valence-corrected chi connectivity index (χ2v) is 8.88. The van der Waals surface area contributed by atoms with Gasteiger partial charge in [0, 0.05) is 17.8 Å². The maximum atomic E-state index is 13.2. The normalized spacial score (nSPS) is 16.0. The van der Waals surface area contributed by atoms with Gasteiger partial charge in [-0.2, -0.15) is 0 Å². The highest BCUT2D eigenvalue weighted by molar-refractivity contribution is 8.93. The third-order valence-corrected chi connectivity index (χ3v) is 7.30. The molecule has 1 aromatic heterocycles. The molecule has 1 aliphatic rings. The first-order valence-corrected chi connectivity index (χ1v) is 11.5. The lowest BCUT2D eigenvalue weighted by atomic mass is 9.68. The lowest BCUT2D eigenvalue weighted by Gasteiger charge is -2.41. The van der Waals surface area contributed by atoms with Crippen molar-refractivity contribution >= 4 is 34.1 Å². The molecule has 0 amide bonds. The van der Waals surface area contributed by atoms with Crippen molar-refractivity contribution in [3.63, 3.8) is 0 Å². The van der Waals surface area contributed by atoms with Gasteiger partial charge in [0.05, 0.1) is 5.41 Å². The summed E-state index contributed by atoms with van der Waals surface area (Å²) >= 11 is 1.77. The molecule has 2 nitrogen and oxygen atoms in total. The second-order valence-electron chi connectivity index (χ2n) is 7.97. The standard InChI is InChI=1S/C26H29NOS.BrH/c1-2-24(28)26(23-14-20-29-25(23)22-11-7-4-8-12-22)15-18-27(19-16-26)17-13-21-9-5-3-6-10-21;/h3-12,14,20H,2,13,15-19H2,1H3;1H. The number of hydrogen-bond donors (Lipinski definition) is 0. The summed E-state index contributed by atoms with van der Waals surface area (Å²) in [6.07, 6.45) is 3.52. The van der Waals surface area contributed by atoms with E-state index in [2.05, 4.69) is 77.0 Å². The quantitative estimate of drug-likeness (QED) is 0.379. The Morgan fingerprint density at radius 2 is 1.60 bits per heavy atom. The Hall–Kier alpha value is -1.75. The van der Waals surface area contributed by atoms with Crippen molar-refractivity contribution < 1.29 is 4.79 Å². The van der Waals surface area contributed by atoms with Gasteiger partial charge >= 0.3 is 0 Å². The SMILES string of the molecule is Br.CCC(=O)C1(c2ccsc2-c2ccccc2)CCN(CCc2ccccc2)CC1. The number of nitrogens with zero attached hydrogens (tertiary/aromatic N) is 1. The molecule has 2 aromatic carbocycles. The van der Waals surface area contributed by atoms with Gasteiger partial charge in [-0.15, -0.1) is 28.3 Å². The van der Waals surface area contributed by atoms with Crippen LogP contribution in [0.2, 0.25) is 0 Å². The summed E-state index contributed by atoms with van der Waals surface area (Å²) in [6, 6.07) is 23.4. The number of carbonyl (C=O) groups is 1. The highest BCUT2D eigenvalue weighted by Gasteiger charge is 2.43. The number of rotatable bonds is 7. The summed E-state index contributed by atoms with van der Waals surface area (Å²) in [6.45, 7) is 5.06. The van der Waals surface area contributed by atoms with Gasteiger partial charge in [-0.25, -0.2) is 0 Å². The second kappa shape index (κ2) is 10.5. The number of likely N-dealkylation sites (tertiary alicyclic amines) is 1. The molecule has 0 bridgehead atoms. The molecule has 0 radical (unpaired) electrons. The van der Waals surface area contributed by atoms with Crippen LogP contribution < -0.4 is 0 Å². The maximum Gasteiger partial charge on any atom is 0.143 e. The summed E-state index contributed by atoms with van der Waals surface area (Å²) in [7, 11) is 0. The van der Waals surface area contributed by atoms with E-state index in [-0.39, 0.29) is 22.4 Å². The fourth-order valence-corrected chi connectivity index (χ4v) is 5.63. The zero-order chi connectivity index (χ0) is 20.1. The van der Waals surface area contributed by atoms with Crippen molar-refractivity contribution in [2.24, 2.45) is 0 Å². The predicted molar refractivity (Wildman–Crippen MR) is 133 cm³/mol. The Balaban J connectivity index is 0.00000256. The van der Waals surface area contributed by atoms with E-state index in [1.807, 2.05) is 6.92 Å². The molecule has 4 rings (SSSR count). The zero-order valence-corrected chi connectivity index (χ0v) is 20.1. The van der Waals surface area contributed by atoms with E-state index in [4.69, 9.17) is 0 Å². The minimum Gasteiger partial charge on any atom is -0.303 e. The Bertz CT molecular complexity index is 930. The fraction of sp³-hybridized carbons (Fsp3) is 0.346. The average molecular weight is 485 g/mol. The third-order valence-electron chi connectivity index (χ3n) is 6.34. The van der Waals surface area contributed by atoms with E-state index in [0.717, 1.165) is 38.9 Å². The molecule has 0 N–H and O–H groups in total. The van der Waals surface area contributed by atoms with Crippen molar-refractivity contribution in [2.45, 2.75) is 38.0 Å². The van der Waals surface area contributed by atoms with E-state index in [1.165, 1.54) is 21.6 Å². The van der Waals surface area contributed by atoms with E-state index in [0.29, 0.717) is 12.2 Å². The van der Waals surface area contributed by atoms with Gasteiger partial charge in [0.1, 0.15) is 5.78 Å². The monoisotopic (exact) mass is 483 g/mol. The molecule has 3 aromatic rings. The summed E-state index contributed by atoms with van der Waals surface area (Å²) in [5.41, 5.74) is 3.54. The zero-order valence-electron chi connectivity index (χ0n) is 17.5. The van der Waals surface area contributed by atoms with Gasteiger partial charge in [0.15, 0.2) is 0 Å². The smallest absolute Gasteiger partial charge is 0.143 e. The first kappa shape index (κ1) is 22.9. The van der Waals surface area contributed by atoms with E-state index >= 15 is 0 Å². The number of piperidine rings is 1. The van der Waals surface area contributed by atoms with Crippen LogP contribution in [0.15, 0.2) is 72.1 Å². The maximum absolute atomic E-state index is 13.2. The molecular formula is C26H30BrNOS. The highest BCUT2D eigenvalue weighted by Crippen LogP contribution is 2.44. The molecule has 1 saturated heterocycles. The number of halogens is 1. The first-order valence-electron chi connectivity index (χ1n) is 10.7. The van der Waals surface area contributed by atoms with E-state index in [9.17, 15) is 4.79 Å². The average Bonchev–Trinajstić information content (AvgIpc) is 3.29. The van der Waals surface area contributed by atoms with Crippen LogP contribution in [0.4, 0.5) is 0 Å². The molecule has 0 saturated carbocycles. The number of ketones is 1. The summed E-state index contributed by atoms with van der Waals surface area (Å²) in [5.74, 6) is 0.399. The van der Waals surface area contributed by atoms with Crippen molar-refractivity contribution in [1.82, 2.24) is 4.90 Å². The molecule has 0 spiro atoms. The molecular weight excluding hydrogens is 454 g/mol. The van der Waals surface area contributed by atoms with Crippen molar-refractivity contribution in [2.75, 3.05) is 19.6 Å². The van der Waals surface area contributed by atoms with Crippen LogP contribution in [-0.2, 0) is 16.6 Å². The highest BCUT2D eigenvalue weighted by atomic mass is 79.9. The molecule has 0 atom stereocenters. The van der Waals surface area contributed by atoms with Crippen LogP contribution in [0.3, 0.4) is 0 Å². The Morgan fingerprint density at radius 1 is 0.967 bits per heavy atom. The minimum absolute atomic E-state index is 0. The van der Waals surface area contributed by atoms with Gasteiger partial charge in [0.25, 0.3) is 0 Å². The van der Waals surface area contributed by atoms with Crippen LogP contribution in [0.25, 0.3) is 10.4 Å². The topological polar surface area (TPSA) is 20.3 Å². The molecule has 0 unspecified atom stereocenters. The number of benzene rings is 2. The van der Waals surface area contributed by atoms with Crippen molar-refractivity contribution in [3.05, 3.63) is 83.2 Å². The van der Waals surface area contributed by atoms with Crippen LogP contribution in [0.1, 0.15) is 37.3 Å². The van der Waals surface area contributed by atoms with Gasteiger partial charge in [-0.3, -0.25) is 4.79 Å². The minimum atomic E-state index is -0.330. The largest absolute Gasteiger partial charge is 0.303 e. The summed E-state index contributed by atoms with van der Waals surface area (Å²) in [5, 5.41) is 2.16. The number of carbonyl (C=O) groups excluding carboxylic acids is 1. The first-order chi connectivity index (χ1) is 14.2. The number of thiophene rings is 1. The molecule has 0 aliphatic carbocycles. The predicted octanol–water partition coefficient (Wildman–Crippen LogP) is 6.55. The Kier molecular flexibility index (Phi) is 8.04. The van der Waals surface area contributed by atoms with Crippen molar-refractivity contribution in [1.29, 1.82) is 0 Å². The van der Waals surface area contributed by atoms with Crippen LogP contribution in [0.5, 0.6) is 0 Å². The molecule has 158 valence electrons. The van der Waals surface area contributed by atoms with E-state index < -0.39 is 0 Å². The lowest BCUT2D eigenvalue weighted by molar-refractivity contribution is -0.126. The lowest BCUT2D eigenvalue weighted by Crippen LogP contribution is -2.47.